The van der Waals surface area contributed by atoms with Crippen molar-refractivity contribution in [2.45, 2.75) is 6.92 Å². The topological polar surface area (TPSA) is 98.3 Å². The van der Waals surface area contributed by atoms with Crippen LogP contribution in [0, 0.1) is 17.0 Å². The largest absolute Gasteiger partial charge is 0.478 e. The Balaban J connectivity index is 2.52. The van der Waals surface area contributed by atoms with Gasteiger partial charge < -0.3 is 5.11 Å². The standard InChI is InChI=1S/C11H9N3O4/c1-7-10(11(15)16)6-12-13(7)8-3-2-4-9(5-8)14(17)18/h2-6H,1H3,(H,15,16). The molecule has 1 aromatic heterocycles. The van der Waals surface area contributed by atoms with E-state index in [1.807, 2.05) is 0 Å². The average Bonchev–Trinajstić information content (AvgIpc) is 2.71. The normalized spacial score (nSPS) is 10.3. The number of carboxylic acid groups (broad SMARTS) is 1. The molecule has 0 amide bonds. The Morgan fingerprint density at radius 2 is 2.22 bits per heavy atom. The lowest BCUT2D eigenvalue weighted by Gasteiger charge is -2.04. The van der Waals surface area contributed by atoms with Crippen LogP contribution in [0.2, 0.25) is 0 Å². The monoisotopic (exact) mass is 247 g/mol. The number of nitrogens with zero attached hydrogens (tertiary/aromatic N) is 3. The van der Waals surface area contributed by atoms with Crippen molar-refractivity contribution < 1.29 is 14.8 Å². The van der Waals surface area contributed by atoms with Crippen molar-refractivity contribution in [2.24, 2.45) is 0 Å². The Hall–Kier alpha value is -2.70. The molecule has 0 saturated heterocycles. The lowest BCUT2D eigenvalue weighted by Crippen LogP contribution is -2.02. The number of aromatic carboxylic acids is 1. The number of hydrogen-bond donors (Lipinski definition) is 1. The second-order valence-corrected chi connectivity index (χ2v) is 3.64. The first kappa shape index (κ1) is 11.8. The average molecular weight is 247 g/mol. The molecule has 0 unspecified atom stereocenters. The van der Waals surface area contributed by atoms with Crippen LogP contribution >= 0.6 is 0 Å². The zero-order valence-corrected chi connectivity index (χ0v) is 9.40. The van der Waals surface area contributed by atoms with Crippen LogP contribution in [-0.4, -0.2) is 25.8 Å². The molecule has 0 aliphatic carbocycles. The molecule has 0 radical (unpaired) electrons. The van der Waals surface area contributed by atoms with Gasteiger partial charge in [-0.2, -0.15) is 5.10 Å². The van der Waals surface area contributed by atoms with Gasteiger partial charge in [-0.3, -0.25) is 10.1 Å². The Morgan fingerprint density at radius 3 is 2.78 bits per heavy atom. The summed E-state index contributed by atoms with van der Waals surface area (Å²) in [5.41, 5.74) is 0.873. The molecule has 1 heterocycles. The molecule has 7 heteroatoms. The first-order valence-electron chi connectivity index (χ1n) is 5.03. The van der Waals surface area contributed by atoms with Gasteiger partial charge in [-0.05, 0) is 13.0 Å². The van der Waals surface area contributed by atoms with E-state index in [0.717, 1.165) is 0 Å². The zero-order valence-electron chi connectivity index (χ0n) is 9.40. The molecule has 1 aromatic carbocycles. The van der Waals surface area contributed by atoms with Crippen LogP contribution in [0.25, 0.3) is 5.69 Å². The van der Waals surface area contributed by atoms with Gasteiger partial charge in [0.15, 0.2) is 0 Å². The summed E-state index contributed by atoms with van der Waals surface area (Å²) in [6.45, 7) is 1.59. The minimum atomic E-state index is -1.08. The summed E-state index contributed by atoms with van der Waals surface area (Å²) in [7, 11) is 0. The van der Waals surface area contributed by atoms with E-state index in [1.165, 1.54) is 29.1 Å². The van der Waals surface area contributed by atoms with E-state index in [2.05, 4.69) is 5.10 Å². The summed E-state index contributed by atoms with van der Waals surface area (Å²) in [4.78, 5) is 21.0. The van der Waals surface area contributed by atoms with E-state index >= 15 is 0 Å². The number of benzene rings is 1. The van der Waals surface area contributed by atoms with Crippen molar-refractivity contribution in [3.05, 3.63) is 51.8 Å². The number of nitro groups is 1. The first-order valence-corrected chi connectivity index (χ1v) is 5.03. The maximum absolute atomic E-state index is 10.9. The van der Waals surface area contributed by atoms with Crippen LogP contribution in [0.15, 0.2) is 30.5 Å². The summed E-state index contributed by atoms with van der Waals surface area (Å²) in [5, 5.41) is 23.5. The summed E-state index contributed by atoms with van der Waals surface area (Å²) < 4.78 is 1.36. The Kier molecular flexibility index (Phi) is 2.80. The predicted octanol–water partition coefficient (Wildman–Crippen LogP) is 1.79. The van der Waals surface area contributed by atoms with Crippen LogP contribution in [-0.2, 0) is 0 Å². The molecule has 0 saturated carbocycles. The van der Waals surface area contributed by atoms with Crippen LogP contribution in [0.1, 0.15) is 16.1 Å². The van der Waals surface area contributed by atoms with E-state index in [0.29, 0.717) is 11.4 Å². The molecule has 92 valence electrons. The molecule has 0 fully saturated rings. The Morgan fingerprint density at radius 1 is 1.50 bits per heavy atom. The molecular formula is C11H9N3O4. The second-order valence-electron chi connectivity index (χ2n) is 3.64. The minimum absolute atomic E-state index is 0.0701. The van der Waals surface area contributed by atoms with Gasteiger partial charge in [-0.15, -0.1) is 0 Å². The van der Waals surface area contributed by atoms with Gasteiger partial charge in [-0.25, -0.2) is 9.48 Å². The van der Waals surface area contributed by atoms with Crippen molar-refractivity contribution in [3.63, 3.8) is 0 Å². The molecule has 0 spiro atoms. The zero-order chi connectivity index (χ0) is 13.3. The fraction of sp³-hybridized carbons (Fsp3) is 0.0909. The highest BCUT2D eigenvalue weighted by Crippen LogP contribution is 2.19. The Labute approximate surface area is 101 Å². The second kappa shape index (κ2) is 4.28. The number of aromatic nitrogens is 2. The highest BCUT2D eigenvalue weighted by atomic mass is 16.6. The molecule has 0 atom stereocenters. The molecule has 0 bridgehead atoms. The minimum Gasteiger partial charge on any atom is -0.478 e. The fourth-order valence-electron chi connectivity index (χ4n) is 1.62. The predicted molar refractivity (Wildman–Crippen MR) is 61.9 cm³/mol. The van der Waals surface area contributed by atoms with Crippen molar-refractivity contribution in [1.82, 2.24) is 9.78 Å². The van der Waals surface area contributed by atoms with Crippen LogP contribution in [0.3, 0.4) is 0 Å². The van der Waals surface area contributed by atoms with Gasteiger partial charge in [-0.1, -0.05) is 6.07 Å². The number of hydrogen-bond acceptors (Lipinski definition) is 4. The molecule has 0 aliphatic rings. The third-order valence-corrected chi connectivity index (χ3v) is 2.53. The molecule has 2 aromatic rings. The van der Waals surface area contributed by atoms with E-state index in [9.17, 15) is 14.9 Å². The maximum atomic E-state index is 10.9. The Bertz CT molecular complexity index is 633. The number of non-ortho nitro benzene ring substituents is 1. The van der Waals surface area contributed by atoms with E-state index < -0.39 is 10.9 Å². The van der Waals surface area contributed by atoms with Crippen molar-refractivity contribution in [1.29, 1.82) is 0 Å². The molecule has 2 rings (SSSR count). The van der Waals surface area contributed by atoms with Gasteiger partial charge in [0, 0.05) is 12.1 Å². The quantitative estimate of drug-likeness (QED) is 0.658. The number of carbonyl (C=O) groups is 1. The van der Waals surface area contributed by atoms with E-state index in [4.69, 9.17) is 5.11 Å². The van der Waals surface area contributed by atoms with Gasteiger partial charge in [0.05, 0.1) is 22.5 Å². The van der Waals surface area contributed by atoms with Gasteiger partial charge in [0.1, 0.15) is 5.56 Å². The molecule has 0 aliphatic heterocycles. The summed E-state index contributed by atoms with van der Waals surface area (Å²) in [5.74, 6) is -1.08. The molecule has 1 N–H and O–H groups in total. The SMILES string of the molecule is Cc1c(C(=O)O)cnn1-c1cccc([N+](=O)[O-])c1. The van der Waals surface area contributed by atoms with E-state index in [-0.39, 0.29) is 11.3 Å². The van der Waals surface area contributed by atoms with Crippen molar-refractivity contribution >= 4 is 11.7 Å². The van der Waals surface area contributed by atoms with E-state index in [1.54, 1.807) is 13.0 Å². The van der Waals surface area contributed by atoms with Crippen LogP contribution < -0.4 is 0 Å². The molecule has 7 nitrogen and oxygen atoms in total. The lowest BCUT2D eigenvalue weighted by atomic mass is 10.2. The lowest BCUT2D eigenvalue weighted by molar-refractivity contribution is -0.384. The molecule has 18 heavy (non-hydrogen) atoms. The number of nitro benzene ring substituents is 1. The maximum Gasteiger partial charge on any atom is 0.339 e. The number of rotatable bonds is 3. The van der Waals surface area contributed by atoms with Crippen molar-refractivity contribution in [2.75, 3.05) is 0 Å². The smallest absolute Gasteiger partial charge is 0.339 e. The summed E-state index contributed by atoms with van der Waals surface area (Å²) in [6.07, 6.45) is 1.22. The fourth-order valence-corrected chi connectivity index (χ4v) is 1.62. The van der Waals surface area contributed by atoms with Crippen molar-refractivity contribution in [3.8, 4) is 5.69 Å². The highest BCUT2D eigenvalue weighted by molar-refractivity contribution is 5.88. The van der Waals surface area contributed by atoms with Gasteiger partial charge in [0.25, 0.3) is 5.69 Å². The third kappa shape index (κ3) is 1.93. The summed E-state index contributed by atoms with van der Waals surface area (Å²) >= 11 is 0. The first-order chi connectivity index (χ1) is 8.50. The van der Waals surface area contributed by atoms with Gasteiger partial charge >= 0.3 is 5.97 Å². The molecular weight excluding hydrogens is 238 g/mol. The van der Waals surface area contributed by atoms with Crippen LogP contribution in [0.5, 0.6) is 0 Å². The number of carboxylic acids is 1. The third-order valence-electron chi connectivity index (χ3n) is 2.53. The highest BCUT2D eigenvalue weighted by Gasteiger charge is 2.15. The van der Waals surface area contributed by atoms with Crippen LogP contribution in [0.4, 0.5) is 5.69 Å². The summed E-state index contributed by atoms with van der Waals surface area (Å²) in [6, 6.07) is 5.85. The van der Waals surface area contributed by atoms with Gasteiger partial charge in [0.2, 0.25) is 0 Å².